The highest BCUT2D eigenvalue weighted by molar-refractivity contribution is 6.02. The van der Waals surface area contributed by atoms with Gasteiger partial charge in [0.2, 0.25) is 0 Å². The number of aryl methyl sites for hydroxylation is 1. The van der Waals surface area contributed by atoms with Crippen molar-refractivity contribution in [1.82, 2.24) is 0 Å². The van der Waals surface area contributed by atoms with E-state index in [1.54, 1.807) is 0 Å². The second-order valence-electron chi connectivity index (χ2n) is 4.72. The number of fused-ring (bicyclic) bond motifs is 1. The van der Waals surface area contributed by atoms with Crippen LogP contribution < -0.4 is 0 Å². The van der Waals surface area contributed by atoms with Crippen LogP contribution in [0.5, 0.6) is 0 Å². The molecule has 0 N–H and O–H groups in total. The predicted octanol–water partition coefficient (Wildman–Crippen LogP) is 3.01. The highest BCUT2D eigenvalue weighted by atomic mass is 16.1. The van der Waals surface area contributed by atoms with E-state index in [1.165, 1.54) is 5.56 Å². The number of hydrogen-bond acceptors (Lipinski definition) is 1. The molecule has 1 aliphatic carbocycles. The summed E-state index contributed by atoms with van der Waals surface area (Å²) in [7, 11) is 0. The van der Waals surface area contributed by atoms with E-state index in [2.05, 4.69) is 25.0 Å². The molecule has 16 heavy (non-hydrogen) atoms. The van der Waals surface area contributed by atoms with Gasteiger partial charge in [0.1, 0.15) is 0 Å². The van der Waals surface area contributed by atoms with Crippen LogP contribution in [0.1, 0.15) is 34.8 Å². The fraction of sp³-hybridized carbons (Fsp3) is 0.400. The highest BCUT2D eigenvalue weighted by Gasteiger charge is 2.33. The molecule has 0 radical (unpaired) electrons. The number of carbonyl (C=O) groups excluding carboxylic acids is 1. The van der Waals surface area contributed by atoms with Crippen molar-refractivity contribution in [2.75, 3.05) is 0 Å². The summed E-state index contributed by atoms with van der Waals surface area (Å²) >= 11 is 0. The fourth-order valence-electron chi connectivity index (χ4n) is 2.41. The Kier molecular flexibility index (Phi) is 2.83. The van der Waals surface area contributed by atoms with Gasteiger partial charge in [0.05, 0.1) is 0 Å². The molecular formula is C15H16O. The zero-order valence-electron chi connectivity index (χ0n) is 9.79. The average Bonchev–Trinajstić information content (AvgIpc) is 2.57. The Morgan fingerprint density at radius 2 is 2.31 bits per heavy atom. The van der Waals surface area contributed by atoms with Gasteiger partial charge in [-0.3, -0.25) is 4.79 Å². The molecule has 1 aliphatic rings. The van der Waals surface area contributed by atoms with Gasteiger partial charge in [0.15, 0.2) is 5.78 Å². The molecule has 0 bridgehead atoms. The van der Waals surface area contributed by atoms with Crippen molar-refractivity contribution < 1.29 is 4.79 Å². The molecule has 0 fully saturated rings. The van der Waals surface area contributed by atoms with Crippen LogP contribution in [0.15, 0.2) is 18.2 Å². The molecule has 0 aromatic heterocycles. The lowest BCUT2D eigenvalue weighted by Crippen LogP contribution is -2.17. The predicted molar refractivity (Wildman–Crippen MR) is 65.3 cm³/mol. The van der Waals surface area contributed by atoms with Gasteiger partial charge in [0.25, 0.3) is 0 Å². The van der Waals surface area contributed by atoms with Crippen molar-refractivity contribution in [3.8, 4) is 12.3 Å². The lowest BCUT2D eigenvalue weighted by molar-refractivity contribution is 0.0901. The number of hydrogen-bond donors (Lipinski definition) is 0. The molecular weight excluding hydrogens is 196 g/mol. The quantitative estimate of drug-likeness (QED) is 0.689. The SMILES string of the molecule is C#CCC(C)C1Cc2ccc(C)cc2C1=O. The minimum atomic E-state index is 0.0906. The van der Waals surface area contributed by atoms with Crippen LogP contribution in [0.25, 0.3) is 0 Å². The van der Waals surface area contributed by atoms with Gasteiger partial charge in [-0.1, -0.05) is 24.6 Å². The Hall–Kier alpha value is -1.55. The summed E-state index contributed by atoms with van der Waals surface area (Å²) in [6.45, 7) is 4.09. The number of benzene rings is 1. The molecule has 2 unspecified atom stereocenters. The largest absolute Gasteiger partial charge is 0.294 e. The number of rotatable bonds is 2. The summed E-state index contributed by atoms with van der Waals surface area (Å²) in [5, 5.41) is 0. The molecule has 0 amide bonds. The molecule has 2 atom stereocenters. The maximum absolute atomic E-state index is 12.2. The summed E-state index contributed by atoms with van der Waals surface area (Å²) in [5.74, 6) is 3.30. The Morgan fingerprint density at radius 3 is 3.00 bits per heavy atom. The van der Waals surface area contributed by atoms with Crippen LogP contribution in [0, 0.1) is 31.1 Å². The van der Waals surface area contributed by atoms with Crippen LogP contribution >= 0.6 is 0 Å². The van der Waals surface area contributed by atoms with Crippen LogP contribution in [0.3, 0.4) is 0 Å². The molecule has 1 aromatic carbocycles. The Morgan fingerprint density at radius 1 is 1.56 bits per heavy atom. The molecule has 1 aromatic rings. The molecule has 0 aliphatic heterocycles. The van der Waals surface area contributed by atoms with Crippen molar-refractivity contribution in [2.45, 2.75) is 26.7 Å². The van der Waals surface area contributed by atoms with E-state index >= 15 is 0 Å². The molecule has 0 spiro atoms. The first kappa shape index (κ1) is 11.0. The Labute approximate surface area is 96.9 Å². The summed E-state index contributed by atoms with van der Waals surface area (Å²) in [6, 6.07) is 6.14. The minimum absolute atomic E-state index is 0.0906. The first-order valence-electron chi connectivity index (χ1n) is 5.70. The molecule has 1 heteroatoms. The van der Waals surface area contributed by atoms with Gasteiger partial charge >= 0.3 is 0 Å². The van der Waals surface area contributed by atoms with Crippen molar-refractivity contribution in [1.29, 1.82) is 0 Å². The zero-order valence-corrected chi connectivity index (χ0v) is 9.79. The van der Waals surface area contributed by atoms with Gasteiger partial charge in [-0.05, 0) is 30.9 Å². The second-order valence-corrected chi connectivity index (χ2v) is 4.72. The van der Waals surface area contributed by atoms with Crippen molar-refractivity contribution in [2.24, 2.45) is 11.8 Å². The van der Waals surface area contributed by atoms with Gasteiger partial charge < -0.3 is 0 Å². The van der Waals surface area contributed by atoms with E-state index in [9.17, 15) is 4.79 Å². The smallest absolute Gasteiger partial charge is 0.166 e. The van der Waals surface area contributed by atoms with Crippen molar-refractivity contribution in [3.05, 3.63) is 34.9 Å². The zero-order chi connectivity index (χ0) is 11.7. The molecule has 1 nitrogen and oxygen atoms in total. The molecule has 0 saturated carbocycles. The van der Waals surface area contributed by atoms with E-state index in [1.807, 2.05) is 13.0 Å². The topological polar surface area (TPSA) is 17.1 Å². The highest BCUT2D eigenvalue weighted by Crippen LogP contribution is 2.33. The molecule has 0 heterocycles. The van der Waals surface area contributed by atoms with Crippen LogP contribution in [-0.4, -0.2) is 5.78 Å². The minimum Gasteiger partial charge on any atom is -0.294 e. The van der Waals surface area contributed by atoms with E-state index in [0.29, 0.717) is 6.42 Å². The maximum Gasteiger partial charge on any atom is 0.166 e. The van der Waals surface area contributed by atoms with Crippen LogP contribution in [-0.2, 0) is 6.42 Å². The molecule has 2 rings (SSSR count). The second kappa shape index (κ2) is 4.14. The standard InChI is InChI=1S/C15H16O/c1-4-5-11(3)13-9-12-7-6-10(2)8-14(12)15(13)16/h1,6-8,11,13H,5,9H2,2-3H3. The van der Waals surface area contributed by atoms with Crippen molar-refractivity contribution >= 4 is 5.78 Å². The van der Waals surface area contributed by atoms with E-state index in [0.717, 1.165) is 17.5 Å². The van der Waals surface area contributed by atoms with Gasteiger partial charge in [-0.2, -0.15) is 0 Å². The Balaban J connectivity index is 2.28. The van der Waals surface area contributed by atoms with Crippen LogP contribution in [0.4, 0.5) is 0 Å². The van der Waals surface area contributed by atoms with Crippen LogP contribution in [0.2, 0.25) is 0 Å². The lowest BCUT2D eigenvalue weighted by Gasteiger charge is -2.14. The van der Waals surface area contributed by atoms with E-state index < -0.39 is 0 Å². The first-order valence-corrected chi connectivity index (χ1v) is 5.70. The molecule has 0 saturated heterocycles. The molecule has 82 valence electrons. The third-order valence-electron chi connectivity index (χ3n) is 3.43. The number of ketones is 1. The number of terminal acetylenes is 1. The van der Waals surface area contributed by atoms with E-state index in [4.69, 9.17) is 6.42 Å². The van der Waals surface area contributed by atoms with Gasteiger partial charge in [-0.15, -0.1) is 12.3 Å². The third-order valence-corrected chi connectivity index (χ3v) is 3.43. The van der Waals surface area contributed by atoms with E-state index in [-0.39, 0.29) is 17.6 Å². The van der Waals surface area contributed by atoms with Crippen molar-refractivity contribution in [3.63, 3.8) is 0 Å². The summed E-state index contributed by atoms with van der Waals surface area (Å²) in [6.07, 6.45) is 6.85. The summed E-state index contributed by atoms with van der Waals surface area (Å²) < 4.78 is 0. The fourth-order valence-corrected chi connectivity index (χ4v) is 2.41. The third kappa shape index (κ3) is 1.76. The maximum atomic E-state index is 12.2. The van der Waals surface area contributed by atoms with Gasteiger partial charge in [0, 0.05) is 17.9 Å². The summed E-state index contributed by atoms with van der Waals surface area (Å²) in [4.78, 5) is 12.2. The normalized spacial score (nSPS) is 20.3. The number of Topliss-reactive ketones (excluding diaryl/α,β-unsaturated/α-hetero) is 1. The Bertz CT molecular complexity index is 465. The average molecular weight is 212 g/mol. The van der Waals surface area contributed by atoms with Gasteiger partial charge in [-0.25, -0.2) is 0 Å². The number of carbonyl (C=O) groups is 1. The monoisotopic (exact) mass is 212 g/mol. The summed E-state index contributed by atoms with van der Waals surface area (Å²) in [5.41, 5.74) is 3.25. The first-order chi connectivity index (χ1) is 7.63. The lowest BCUT2D eigenvalue weighted by atomic mass is 9.88.